The van der Waals surface area contributed by atoms with E-state index in [0.29, 0.717) is 4.21 Å². The molecule has 1 nitrogen and oxygen atoms in total. The fourth-order valence-electron chi connectivity index (χ4n) is 0.802. The van der Waals surface area contributed by atoms with Crippen LogP contribution in [0.25, 0.3) is 0 Å². The zero-order valence-electron chi connectivity index (χ0n) is 7.35. The van der Waals surface area contributed by atoms with Gasteiger partial charge in [0, 0.05) is 4.88 Å². The summed E-state index contributed by atoms with van der Waals surface area (Å²) < 4.78 is 13.6. The fourth-order valence-corrected chi connectivity index (χ4v) is 2.26. The molecule has 1 aromatic heterocycles. The highest BCUT2D eigenvalue weighted by Crippen LogP contribution is 2.35. The van der Waals surface area contributed by atoms with E-state index in [4.69, 9.17) is 5.14 Å². The average Bonchev–Trinajstić information content (AvgIpc) is 2.29. The van der Waals surface area contributed by atoms with Crippen molar-refractivity contribution in [1.82, 2.24) is 0 Å². The molecule has 4 heteroatoms. The predicted molar refractivity (Wildman–Crippen MR) is 53.0 cm³/mol. The summed E-state index contributed by atoms with van der Waals surface area (Å²) in [5.41, 5.74) is 0.0134. The van der Waals surface area contributed by atoms with Crippen LogP contribution in [0, 0.1) is 5.82 Å². The van der Waals surface area contributed by atoms with Gasteiger partial charge in [-0.25, -0.2) is 4.39 Å². The van der Waals surface area contributed by atoms with Gasteiger partial charge < -0.3 is 0 Å². The van der Waals surface area contributed by atoms with Gasteiger partial charge in [0.2, 0.25) is 0 Å². The third-order valence-electron chi connectivity index (χ3n) is 1.50. The molecule has 0 aliphatic rings. The Morgan fingerprint density at radius 2 is 2.08 bits per heavy atom. The second-order valence-corrected chi connectivity index (χ2v) is 5.57. The quantitative estimate of drug-likeness (QED) is 0.713. The van der Waals surface area contributed by atoms with Crippen LogP contribution in [-0.4, -0.2) is 0 Å². The Bertz CT molecular complexity index is 275. The van der Waals surface area contributed by atoms with E-state index in [9.17, 15) is 4.39 Å². The zero-order valence-corrected chi connectivity index (χ0v) is 8.98. The van der Waals surface area contributed by atoms with Crippen molar-refractivity contribution in [3.8, 4) is 0 Å². The second-order valence-electron chi connectivity index (χ2n) is 3.61. The Balaban J connectivity index is 3.05. The number of thiophene rings is 1. The van der Waals surface area contributed by atoms with Gasteiger partial charge >= 0.3 is 0 Å². The molecule has 0 spiro atoms. The van der Waals surface area contributed by atoms with Crippen molar-refractivity contribution in [2.45, 2.75) is 30.4 Å². The number of halogens is 1. The molecule has 0 saturated carbocycles. The van der Waals surface area contributed by atoms with Crippen molar-refractivity contribution in [3.05, 3.63) is 16.8 Å². The van der Waals surface area contributed by atoms with Gasteiger partial charge in [0.1, 0.15) is 10.0 Å². The van der Waals surface area contributed by atoms with Gasteiger partial charge in [-0.05, 0) is 23.4 Å². The minimum atomic E-state index is -0.197. The number of hydrogen-bond donors (Lipinski definition) is 1. The Hall–Kier alpha value is -0.0600. The normalized spacial score (nSPS) is 12.1. The van der Waals surface area contributed by atoms with Gasteiger partial charge in [-0.15, -0.1) is 11.3 Å². The molecule has 0 atom stereocenters. The number of nitrogens with two attached hydrogens (primary N) is 1. The molecule has 0 amide bonds. The molecule has 1 heterocycles. The first-order valence-corrected chi connectivity index (χ1v) is 5.31. The Labute approximate surface area is 80.3 Å². The highest BCUT2D eigenvalue weighted by atomic mass is 32.2. The summed E-state index contributed by atoms with van der Waals surface area (Å²) in [4.78, 5) is 1.04. The molecule has 0 aliphatic heterocycles. The van der Waals surface area contributed by atoms with Gasteiger partial charge in [-0.3, -0.25) is 5.14 Å². The maximum atomic E-state index is 13.1. The average molecular weight is 205 g/mol. The standard InChI is InChI=1S/C8H12FNS2/c1-8(2,3)6-4-5(9)7(11-6)12-10/h4H,10H2,1-3H3. The van der Waals surface area contributed by atoms with Crippen LogP contribution >= 0.6 is 23.3 Å². The highest BCUT2D eigenvalue weighted by Gasteiger charge is 2.19. The summed E-state index contributed by atoms with van der Waals surface area (Å²) in [5.74, 6) is -0.197. The van der Waals surface area contributed by atoms with Crippen molar-refractivity contribution < 1.29 is 4.39 Å². The summed E-state index contributed by atoms with van der Waals surface area (Å²) in [7, 11) is 0. The molecule has 0 aromatic carbocycles. The molecular weight excluding hydrogens is 193 g/mol. The lowest BCUT2D eigenvalue weighted by Crippen LogP contribution is -2.07. The lowest BCUT2D eigenvalue weighted by atomic mass is 9.95. The lowest BCUT2D eigenvalue weighted by molar-refractivity contribution is 0.585. The Kier molecular flexibility index (Phi) is 2.81. The molecule has 12 heavy (non-hydrogen) atoms. The maximum Gasteiger partial charge on any atom is 0.149 e. The third-order valence-corrected chi connectivity index (χ3v) is 3.78. The summed E-state index contributed by atoms with van der Waals surface area (Å²) in [6.07, 6.45) is 0. The van der Waals surface area contributed by atoms with Crippen molar-refractivity contribution >= 4 is 23.3 Å². The van der Waals surface area contributed by atoms with Gasteiger partial charge in [-0.2, -0.15) is 0 Å². The monoisotopic (exact) mass is 205 g/mol. The van der Waals surface area contributed by atoms with Crippen LogP contribution < -0.4 is 5.14 Å². The summed E-state index contributed by atoms with van der Waals surface area (Å²) in [5, 5.41) is 5.29. The third kappa shape index (κ3) is 2.00. The molecule has 2 N–H and O–H groups in total. The summed E-state index contributed by atoms with van der Waals surface area (Å²) in [6.45, 7) is 6.18. The van der Waals surface area contributed by atoms with Gasteiger partial charge in [0.25, 0.3) is 0 Å². The molecule has 0 bridgehead atoms. The zero-order chi connectivity index (χ0) is 9.35. The number of rotatable bonds is 1. The predicted octanol–water partition coefficient (Wildman–Crippen LogP) is 3.15. The molecule has 0 unspecified atom stereocenters. The first kappa shape index (κ1) is 10.0. The largest absolute Gasteiger partial charge is 0.273 e. The van der Waals surface area contributed by atoms with E-state index in [0.717, 1.165) is 16.8 Å². The van der Waals surface area contributed by atoms with Crippen LogP contribution in [0.15, 0.2) is 10.3 Å². The molecule has 0 saturated heterocycles. The van der Waals surface area contributed by atoms with Crippen LogP contribution in [0.3, 0.4) is 0 Å². The van der Waals surface area contributed by atoms with Crippen LogP contribution in [0.5, 0.6) is 0 Å². The van der Waals surface area contributed by atoms with E-state index in [1.165, 1.54) is 11.3 Å². The summed E-state index contributed by atoms with van der Waals surface area (Å²) >= 11 is 2.41. The minimum Gasteiger partial charge on any atom is -0.273 e. The van der Waals surface area contributed by atoms with E-state index < -0.39 is 0 Å². The molecule has 68 valence electrons. The lowest BCUT2D eigenvalue weighted by Gasteiger charge is -2.14. The highest BCUT2D eigenvalue weighted by molar-refractivity contribution is 7.99. The Morgan fingerprint density at radius 3 is 2.33 bits per heavy atom. The molecule has 1 aromatic rings. The van der Waals surface area contributed by atoms with Crippen LogP contribution in [0.2, 0.25) is 0 Å². The fraction of sp³-hybridized carbons (Fsp3) is 0.500. The second kappa shape index (κ2) is 3.36. The summed E-state index contributed by atoms with van der Waals surface area (Å²) in [6, 6.07) is 1.57. The van der Waals surface area contributed by atoms with E-state index in [1.807, 2.05) is 0 Å². The van der Waals surface area contributed by atoms with Gasteiger partial charge in [0.05, 0.1) is 0 Å². The maximum absolute atomic E-state index is 13.1. The van der Waals surface area contributed by atoms with Crippen molar-refractivity contribution in [1.29, 1.82) is 0 Å². The van der Waals surface area contributed by atoms with E-state index in [-0.39, 0.29) is 11.2 Å². The van der Waals surface area contributed by atoms with Crippen molar-refractivity contribution in [2.75, 3.05) is 0 Å². The smallest absolute Gasteiger partial charge is 0.149 e. The number of hydrogen-bond acceptors (Lipinski definition) is 3. The minimum absolute atomic E-state index is 0.0134. The van der Waals surface area contributed by atoms with Gasteiger partial charge in [-0.1, -0.05) is 20.8 Å². The van der Waals surface area contributed by atoms with Gasteiger partial charge in [0.15, 0.2) is 0 Å². The molecule has 1 rings (SSSR count). The van der Waals surface area contributed by atoms with Crippen molar-refractivity contribution in [3.63, 3.8) is 0 Å². The first-order valence-electron chi connectivity index (χ1n) is 3.61. The van der Waals surface area contributed by atoms with Crippen LogP contribution in [-0.2, 0) is 5.41 Å². The molecular formula is C8H12FNS2. The van der Waals surface area contributed by atoms with E-state index in [2.05, 4.69) is 20.8 Å². The van der Waals surface area contributed by atoms with Crippen LogP contribution in [0.1, 0.15) is 25.6 Å². The SMILES string of the molecule is CC(C)(C)c1cc(F)c(SN)s1. The van der Waals surface area contributed by atoms with Crippen LogP contribution in [0.4, 0.5) is 4.39 Å². The van der Waals surface area contributed by atoms with E-state index >= 15 is 0 Å². The van der Waals surface area contributed by atoms with E-state index in [1.54, 1.807) is 6.07 Å². The van der Waals surface area contributed by atoms with Crippen molar-refractivity contribution in [2.24, 2.45) is 5.14 Å². The molecule has 0 aliphatic carbocycles. The first-order chi connectivity index (χ1) is 5.45. The topological polar surface area (TPSA) is 26.0 Å². The molecule has 0 fully saturated rings. The Morgan fingerprint density at radius 1 is 1.50 bits per heavy atom. The molecule has 0 radical (unpaired) electrons.